The van der Waals surface area contributed by atoms with Crippen LogP contribution in [0.3, 0.4) is 0 Å². The quantitative estimate of drug-likeness (QED) is 0.890. The van der Waals surface area contributed by atoms with Crippen molar-refractivity contribution < 1.29 is 19.0 Å². The van der Waals surface area contributed by atoms with E-state index in [0.29, 0.717) is 11.3 Å². The number of nitrogens with zero attached hydrogens (tertiary/aromatic N) is 1. The number of carbonyl (C=O) groups excluding carboxylic acids is 1. The van der Waals surface area contributed by atoms with Gasteiger partial charge in [0.25, 0.3) is 5.91 Å². The van der Waals surface area contributed by atoms with E-state index in [4.69, 9.17) is 4.74 Å². The highest BCUT2D eigenvalue weighted by Gasteiger charge is 2.15. The first-order chi connectivity index (χ1) is 8.82. The number of ether oxygens (including phenoxy) is 1. The Balaban J connectivity index is 2.75. The maximum atomic E-state index is 13.1. The first kappa shape index (κ1) is 15.4. The zero-order valence-electron chi connectivity index (χ0n) is 11.7. The molecule has 0 saturated carbocycles. The Kier molecular flexibility index (Phi) is 5.30. The molecule has 1 aromatic rings. The third-order valence-electron chi connectivity index (χ3n) is 2.94. The summed E-state index contributed by atoms with van der Waals surface area (Å²) >= 11 is 0. The Morgan fingerprint density at radius 2 is 2.05 bits per heavy atom. The van der Waals surface area contributed by atoms with Crippen molar-refractivity contribution in [3.05, 3.63) is 29.6 Å². The smallest absolute Gasteiger partial charge is 0.260 e. The molecule has 0 saturated heterocycles. The second-order valence-electron chi connectivity index (χ2n) is 4.75. The van der Waals surface area contributed by atoms with Gasteiger partial charge in [-0.05, 0) is 39.0 Å². The highest BCUT2D eigenvalue weighted by Crippen LogP contribution is 2.25. The van der Waals surface area contributed by atoms with E-state index in [1.54, 1.807) is 11.9 Å². The molecule has 0 aromatic heterocycles. The van der Waals surface area contributed by atoms with E-state index in [0.717, 1.165) is 0 Å². The molecule has 1 amide bonds. The van der Waals surface area contributed by atoms with Crippen LogP contribution in [0.1, 0.15) is 32.4 Å². The SMILES string of the molecule is CC(C)N(C)C(=O)COc1ccc(F)cc1[C@@H](C)O. The molecule has 1 aromatic carbocycles. The summed E-state index contributed by atoms with van der Waals surface area (Å²) in [6, 6.07) is 3.94. The molecule has 0 radical (unpaired) electrons. The van der Waals surface area contributed by atoms with Gasteiger partial charge in [-0.3, -0.25) is 4.79 Å². The number of halogens is 1. The third kappa shape index (κ3) is 4.21. The Hall–Kier alpha value is -1.62. The number of benzene rings is 1. The number of hydrogen-bond donors (Lipinski definition) is 1. The lowest BCUT2D eigenvalue weighted by atomic mass is 10.1. The summed E-state index contributed by atoms with van der Waals surface area (Å²) in [6.45, 7) is 5.18. The van der Waals surface area contributed by atoms with Gasteiger partial charge in [-0.15, -0.1) is 0 Å². The van der Waals surface area contributed by atoms with Crippen LogP contribution in [-0.2, 0) is 4.79 Å². The average Bonchev–Trinajstić information content (AvgIpc) is 2.35. The first-order valence-electron chi connectivity index (χ1n) is 6.19. The molecule has 1 N–H and O–H groups in total. The first-order valence-corrected chi connectivity index (χ1v) is 6.19. The molecule has 0 fully saturated rings. The van der Waals surface area contributed by atoms with Crippen LogP contribution in [0.4, 0.5) is 4.39 Å². The van der Waals surface area contributed by atoms with Crippen molar-refractivity contribution in [1.82, 2.24) is 4.90 Å². The van der Waals surface area contributed by atoms with Gasteiger partial charge in [-0.1, -0.05) is 0 Å². The number of aliphatic hydroxyl groups is 1. The molecule has 19 heavy (non-hydrogen) atoms. The van der Waals surface area contributed by atoms with Crippen LogP contribution in [0.2, 0.25) is 0 Å². The molecular weight excluding hydrogens is 249 g/mol. The second kappa shape index (κ2) is 6.52. The molecule has 1 rings (SSSR count). The minimum absolute atomic E-state index is 0.0838. The summed E-state index contributed by atoms with van der Waals surface area (Å²) in [5, 5.41) is 9.55. The largest absolute Gasteiger partial charge is 0.483 e. The Morgan fingerprint density at radius 3 is 2.58 bits per heavy atom. The molecule has 0 aliphatic heterocycles. The average molecular weight is 269 g/mol. The Bertz CT molecular complexity index is 446. The van der Waals surface area contributed by atoms with Gasteiger partial charge in [0, 0.05) is 18.7 Å². The molecule has 0 aliphatic rings. The number of aliphatic hydroxyl groups excluding tert-OH is 1. The van der Waals surface area contributed by atoms with E-state index < -0.39 is 11.9 Å². The van der Waals surface area contributed by atoms with Crippen molar-refractivity contribution in [3.8, 4) is 5.75 Å². The summed E-state index contributed by atoms with van der Waals surface area (Å²) in [5.41, 5.74) is 0.333. The minimum atomic E-state index is -0.858. The zero-order valence-corrected chi connectivity index (χ0v) is 11.7. The van der Waals surface area contributed by atoms with Crippen molar-refractivity contribution >= 4 is 5.91 Å². The number of carbonyl (C=O) groups is 1. The summed E-state index contributed by atoms with van der Waals surface area (Å²) in [5.74, 6) is -0.299. The van der Waals surface area contributed by atoms with Crippen molar-refractivity contribution in [2.45, 2.75) is 32.9 Å². The van der Waals surface area contributed by atoms with Gasteiger partial charge >= 0.3 is 0 Å². The summed E-state index contributed by atoms with van der Waals surface area (Å²) in [6.07, 6.45) is -0.858. The van der Waals surface area contributed by atoms with Gasteiger partial charge in [0.2, 0.25) is 0 Å². The molecule has 0 heterocycles. The van der Waals surface area contributed by atoms with Crippen molar-refractivity contribution in [3.63, 3.8) is 0 Å². The van der Waals surface area contributed by atoms with E-state index >= 15 is 0 Å². The molecule has 1 atom stereocenters. The molecule has 0 spiro atoms. The lowest BCUT2D eigenvalue weighted by molar-refractivity contribution is -0.133. The van der Waals surface area contributed by atoms with E-state index in [1.807, 2.05) is 13.8 Å². The van der Waals surface area contributed by atoms with Crippen LogP contribution >= 0.6 is 0 Å². The van der Waals surface area contributed by atoms with E-state index in [-0.39, 0.29) is 18.6 Å². The predicted octanol–water partition coefficient (Wildman–Crippen LogP) is 2.12. The van der Waals surface area contributed by atoms with Crippen LogP contribution in [0.5, 0.6) is 5.75 Å². The standard InChI is InChI=1S/C14H20FNO3/c1-9(2)16(4)14(18)8-19-13-6-5-11(15)7-12(13)10(3)17/h5-7,9-10,17H,8H2,1-4H3/t10-/m1/s1. The van der Waals surface area contributed by atoms with E-state index in [1.165, 1.54) is 25.1 Å². The van der Waals surface area contributed by atoms with E-state index in [9.17, 15) is 14.3 Å². The Morgan fingerprint density at radius 1 is 1.42 bits per heavy atom. The summed E-state index contributed by atoms with van der Waals surface area (Å²) in [4.78, 5) is 13.3. The van der Waals surface area contributed by atoms with Crippen LogP contribution < -0.4 is 4.74 Å². The number of amides is 1. The highest BCUT2D eigenvalue weighted by atomic mass is 19.1. The minimum Gasteiger partial charge on any atom is -0.483 e. The van der Waals surface area contributed by atoms with Gasteiger partial charge in [-0.2, -0.15) is 0 Å². The van der Waals surface area contributed by atoms with Crippen molar-refractivity contribution in [1.29, 1.82) is 0 Å². The number of rotatable bonds is 5. The van der Waals surface area contributed by atoms with Gasteiger partial charge in [0.1, 0.15) is 11.6 Å². The number of likely N-dealkylation sites (N-methyl/N-ethyl adjacent to an activating group) is 1. The third-order valence-corrected chi connectivity index (χ3v) is 2.94. The molecule has 0 bridgehead atoms. The molecule has 0 aliphatic carbocycles. The molecular formula is C14H20FNO3. The topological polar surface area (TPSA) is 49.8 Å². The van der Waals surface area contributed by atoms with Crippen molar-refractivity contribution in [2.75, 3.05) is 13.7 Å². The van der Waals surface area contributed by atoms with E-state index in [2.05, 4.69) is 0 Å². The Labute approximate surface area is 112 Å². The van der Waals surface area contributed by atoms with Crippen LogP contribution in [0.25, 0.3) is 0 Å². The molecule has 4 nitrogen and oxygen atoms in total. The highest BCUT2D eigenvalue weighted by molar-refractivity contribution is 5.77. The monoisotopic (exact) mass is 269 g/mol. The molecule has 0 unspecified atom stereocenters. The van der Waals surface area contributed by atoms with Crippen LogP contribution in [-0.4, -0.2) is 35.6 Å². The fraction of sp³-hybridized carbons (Fsp3) is 0.500. The normalized spacial score (nSPS) is 12.4. The fourth-order valence-corrected chi connectivity index (χ4v) is 1.51. The predicted molar refractivity (Wildman–Crippen MR) is 70.4 cm³/mol. The van der Waals surface area contributed by atoms with Gasteiger partial charge in [0.15, 0.2) is 6.61 Å². The second-order valence-corrected chi connectivity index (χ2v) is 4.75. The van der Waals surface area contributed by atoms with Crippen LogP contribution in [0, 0.1) is 5.82 Å². The maximum absolute atomic E-state index is 13.1. The van der Waals surface area contributed by atoms with Gasteiger partial charge in [0.05, 0.1) is 6.10 Å². The van der Waals surface area contributed by atoms with Crippen LogP contribution in [0.15, 0.2) is 18.2 Å². The summed E-state index contributed by atoms with van der Waals surface area (Å²) in [7, 11) is 1.69. The molecule has 106 valence electrons. The fourth-order valence-electron chi connectivity index (χ4n) is 1.51. The molecule has 5 heteroatoms. The zero-order chi connectivity index (χ0) is 14.6. The van der Waals surface area contributed by atoms with Crippen molar-refractivity contribution in [2.24, 2.45) is 0 Å². The maximum Gasteiger partial charge on any atom is 0.260 e. The lowest BCUT2D eigenvalue weighted by Gasteiger charge is -2.22. The summed E-state index contributed by atoms with van der Waals surface area (Å²) < 4.78 is 18.5. The lowest BCUT2D eigenvalue weighted by Crippen LogP contribution is -2.36. The van der Waals surface area contributed by atoms with Gasteiger partial charge < -0.3 is 14.7 Å². The number of hydrogen-bond acceptors (Lipinski definition) is 3. The van der Waals surface area contributed by atoms with Gasteiger partial charge in [-0.25, -0.2) is 4.39 Å².